The first kappa shape index (κ1) is 12.4. The molecule has 0 spiro atoms. The highest BCUT2D eigenvalue weighted by atomic mass is 127. The van der Waals surface area contributed by atoms with Crippen LogP contribution in [0.25, 0.3) is 11.1 Å². The van der Waals surface area contributed by atoms with E-state index in [0.29, 0.717) is 0 Å². The summed E-state index contributed by atoms with van der Waals surface area (Å²) in [6.07, 6.45) is 0.221. The van der Waals surface area contributed by atoms with E-state index in [-0.39, 0.29) is 6.10 Å². The number of ether oxygens (including phenoxy) is 1. The molecule has 2 heteroatoms. The van der Waals surface area contributed by atoms with E-state index in [0.717, 1.165) is 5.75 Å². The molecule has 0 aromatic heterocycles. The van der Waals surface area contributed by atoms with Crippen molar-refractivity contribution in [3.8, 4) is 16.9 Å². The molecule has 0 unspecified atom stereocenters. The highest BCUT2D eigenvalue weighted by Crippen LogP contribution is 2.23. The Hall–Kier alpha value is -1.03. The average molecular weight is 338 g/mol. The van der Waals surface area contributed by atoms with Crippen LogP contribution >= 0.6 is 22.6 Å². The lowest BCUT2D eigenvalue weighted by molar-refractivity contribution is 0.242. The summed E-state index contributed by atoms with van der Waals surface area (Å²) in [7, 11) is 0. The monoisotopic (exact) mass is 338 g/mol. The molecule has 1 nitrogen and oxygen atoms in total. The highest BCUT2D eigenvalue weighted by molar-refractivity contribution is 14.1. The van der Waals surface area contributed by atoms with E-state index in [4.69, 9.17) is 4.74 Å². The number of halogens is 1. The number of hydrogen-bond donors (Lipinski definition) is 0. The maximum Gasteiger partial charge on any atom is 0.119 e. The molecule has 0 aliphatic heterocycles. The molecule has 0 atom stereocenters. The molecule has 0 amide bonds. The van der Waals surface area contributed by atoms with Crippen LogP contribution in [0.3, 0.4) is 0 Å². The van der Waals surface area contributed by atoms with E-state index in [9.17, 15) is 0 Å². The van der Waals surface area contributed by atoms with Crippen molar-refractivity contribution in [3.05, 3.63) is 52.1 Å². The molecule has 0 saturated carbocycles. The Morgan fingerprint density at radius 2 is 1.29 bits per heavy atom. The summed E-state index contributed by atoms with van der Waals surface area (Å²) in [5.74, 6) is 0.925. The van der Waals surface area contributed by atoms with Gasteiger partial charge in [0, 0.05) is 3.57 Å². The summed E-state index contributed by atoms with van der Waals surface area (Å²) in [5.41, 5.74) is 2.46. The molecule has 0 radical (unpaired) electrons. The van der Waals surface area contributed by atoms with Crippen molar-refractivity contribution in [2.24, 2.45) is 0 Å². The second kappa shape index (κ2) is 5.54. The standard InChI is InChI=1S/C15H15IO/c1-11(2)17-15-9-5-13(6-10-15)12-3-7-14(16)8-4-12/h3-11H,1-2H3. The largest absolute Gasteiger partial charge is 0.491 e. The van der Waals surface area contributed by atoms with Gasteiger partial charge in [-0.3, -0.25) is 0 Å². The van der Waals surface area contributed by atoms with Crippen LogP contribution in [0.5, 0.6) is 5.75 Å². The van der Waals surface area contributed by atoms with E-state index in [1.165, 1.54) is 14.7 Å². The SMILES string of the molecule is CC(C)Oc1ccc(-c2ccc(I)cc2)cc1. The number of rotatable bonds is 3. The Balaban J connectivity index is 2.20. The Morgan fingerprint density at radius 3 is 1.76 bits per heavy atom. The van der Waals surface area contributed by atoms with Crippen LogP contribution in [-0.4, -0.2) is 6.10 Å². The lowest BCUT2D eigenvalue weighted by Gasteiger charge is -2.10. The minimum atomic E-state index is 0.221. The zero-order valence-corrected chi connectivity index (χ0v) is 12.1. The first-order valence-corrected chi connectivity index (χ1v) is 6.75. The third-order valence-corrected chi connectivity index (χ3v) is 3.12. The van der Waals surface area contributed by atoms with Gasteiger partial charge in [0.2, 0.25) is 0 Å². The van der Waals surface area contributed by atoms with E-state index in [2.05, 4.69) is 59.0 Å². The molecule has 88 valence electrons. The van der Waals surface area contributed by atoms with Gasteiger partial charge in [-0.2, -0.15) is 0 Å². The van der Waals surface area contributed by atoms with Crippen LogP contribution in [0.1, 0.15) is 13.8 Å². The summed E-state index contributed by atoms with van der Waals surface area (Å²) in [6, 6.07) is 16.8. The maximum absolute atomic E-state index is 5.62. The number of benzene rings is 2. The van der Waals surface area contributed by atoms with Crippen LogP contribution in [-0.2, 0) is 0 Å². The predicted octanol–water partition coefficient (Wildman–Crippen LogP) is 4.75. The van der Waals surface area contributed by atoms with E-state index >= 15 is 0 Å². The molecular formula is C15H15IO. The van der Waals surface area contributed by atoms with Gasteiger partial charge < -0.3 is 4.74 Å². The fourth-order valence-electron chi connectivity index (χ4n) is 1.64. The molecule has 0 aliphatic rings. The van der Waals surface area contributed by atoms with Gasteiger partial charge in [-0.05, 0) is 71.8 Å². The average Bonchev–Trinajstić information content (AvgIpc) is 2.30. The van der Waals surface area contributed by atoms with Gasteiger partial charge in [0.15, 0.2) is 0 Å². The maximum atomic E-state index is 5.62. The summed E-state index contributed by atoms with van der Waals surface area (Å²) >= 11 is 2.31. The van der Waals surface area contributed by atoms with E-state index < -0.39 is 0 Å². The normalized spacial score (nSPS) is 10.6. The Labute approximate surface area is 116 Å². The van der Waals surface area contributed by atoms with Crippen LogP contribution in [0.15, 0.2) is 48.5 Å². The molecule has 0 bridgehead atoms. The summed E-state index contributed by atoms with van der Waals surface area (Å²) < 4.78 is 6.88. The van der Waals surface area contributed by atoms with Crippen molar-refractivity contribution in [2.45, 2.75) is 20.0 Å². The van der Waals surface area contributed by atoms with Gasteiger partial charge in [-0.1, -0.05) is 24.3 Å². The Kier molecular flexibility index (Phi) is 4.05. The molecule has 0 aliphatic carbocycles. The fraction of sp³-hybridized carbons (Fsp3) is 0.200. The molecule has 0 saturated heterocycles. The van der Waals surface area contributed by atoms with Crippen molar-refractivity contribution >= 4 is 22.6 Å². The Bertz CT molecular complexity index is 471. The minimum absolute atomic E-state index is 0.221. The van der Waals surface area contributed by atoms with Crippen molar-refractivity contribution in [2.75, 3.05) is 0 Å². The van der Waals surface area contributed by atoms with E-state index in [1.54, 1.807) is 0 Å². The van der Waals surface area contributed by atoms with Crippen LogP contribution < -0.4 is 4.74 Å². The van der Waals surface area contributed by atoms with Crippen molar-refractivity contribution in [1.29, 1.82) is 0 Å². The van der Waals surface area contributed by atoms with Crippen molar-refractivity contribution in [3.63, 3.8) is 0 Å². The van der Waals surface area contributed by atoms with Crippen LogP contribution in [0.4, 0.5) is 0 Å². The van der Waals surface area contributed by atoms with Gasteiger partial charge in [0.1, 0.15) is 5.75 Å². The quantitative estimate of drug-likeness (QED) is 0.734. The lowest BCUT2D eigenvalue weighted by atomic mass is 10.1. The summed E-state index contributed by atoms with van der Waals surface area (Å²) in [6.45, 7) is 4.07. The van der Waals surface area contributed by atoms with Crippen molar-refractivity contribution < 1.29 is 4.74 Å². The molecule has 2 aromatic carbocycles. The molecule has 2 rings (SSSR count). The topological polar surface area (TPSA) is 9.23 Å². The van der Waals surface area contributed by atoms with Gasteiger partial charge in [0.05, 0.1) is 6.10 Å². The molecule has 2 aromatic rings. The molecule has 0 heterocycles. The first-order chi connectivity index (χ1) is 8.15. The molecule has 0 fully saturated rings. The van der Waals surface area contributed by atoms with Gasteiger partial charge in [0.25, 0.3) is 0 Å². The minimum Gasteiger partial charge on any atom is -0.491 e. The highest BCUT2D eigenvalue weighted by Gasteiger charge is 2.00. The summed E-state index contributed by atoms with van der Waals surface area (Å²) in [5, 5.41) is 0. The van der Waals surface area contributed by atoms with Crippen LogP contribution in [0.2, 0.25) is 0 Å². The van der Waals surface area contributed by atoms with Crippen LogP contribution in [0, 0.1) is 3.57 Å². The third-order valence-electron chi connectivity index (χ3n) is 2.40. The second-order valence-corrected chi connectivity index (χ2v) is 5.44. The lowest BCUT2D eigenvalue weighted by Crippen LogP contribution is -2.05. The third kappa shape index (κ3) is 3.46. The van der Waals surface area contributed by atoms with Gasteiger partial charge in [-0.25, -0.2) is 0 Å². The zero-order chi connectivity index (χ0) is 12.3. The second-order valence-electron chi connectivity index (χ2n) is 4.20. The summed E-state index contributed by atoms with van der Waals surface area (Å²) in [4.78, 5) is 0. The zero-order valence-electron chi connectivity index (χ0n) is 9.98. The number of hydrogen-bond acceptors (Lipinski definition) is 1. The van der Waals surface area contributed by atoms with E-state index in [1.807, 2.05) is 26.0 Å². The fourth-order valence-corrected chi connectivity index (χ4v) is 2.00. The molecule has 17 heavy (non-hydrogen) atoms. The van der Waals surface area contributed by atoms with Gasteiger partial charge in [-0.15, -0.1) is 0 Å². The first-order valence-electron chi connectivity index (χ1n) is 5.68. The molecule has 0 N–H and O–H groups in total. The molecular weight excluding hydrogens is 323 g/mol. The Morgan fingerprint density at radius 1 is 0.824 bits per heavy atom. The smallest absolute Gasteiger partial charge is 0.119 e. The van der Waals surface area contributed by atoms with Gasteiger partial charge >= 0.3 is 0 Å². The van der Waals surface area contributed by atoms with Crippen molar-refractivity contribution in [1.82, 2.24) is 0 Å². The predicted molar refractivity (Wildman–Crippen MR) is 80.4 cm³/mol.